The molecule has 0 aromatic heterocycles. The lowest BCUT2D eigenvalue weighted by atomic mass is 10.1. The Morgan fingerprint density at radius 2 is 1.66 bits per heavy atom. The number of ether oxygens (including phenoxy) is 1. The van der Waals surface area contributed by atoms with Crippen molar-refractivity contribution in [1.82, 2.24) is 14.9 Å². The molecule has 3 fully saturated rings. The SMILES string of the molecule is O=C(ON1C(=O)CCC1=O)N1CCN(Cc2cccc(N3CCOCC3)c2)CC1. The van der Waals surface area contributed by atoms with E-state index in [4.69, 9.17) is 9.57 Å². The van der Waals surface area contributed by atoms with Gasteiger partial charge in [0.05, 0.1) is 13.2 Å². The Kier molecular flexibility index (Phi) is 5.96. The summed E-state index contributed by atoms with van der Waals surface area (Å²) in [5, 5.41) is 0.603. The molecule has 0 aliphatic carbocycles. The van der Waals surface area contributed by atoms with Gasteiger partial charge in [0.15, 0.2) is 0 Å². The summed E-state index contributed by atoms with van der Waals surface area (Å²) in [5.41, 5.74) is 2.45. The van der Waals surface area contributed by atoms with Gasteiger partial charge >= 0.3 is 6.09 Å². The lowest BCUT2D eigenvalue weighted by Crippen LogP contribution is -2.50. The van der Waals surface area contributed by atoms with E-state index in [9.17, 15) is 14.4 Å². The fourth-order valence-electron chi connectivity index (χ4n) is 3.81. The van der Waals surface area contributed by atoms with E-state index in [1.165, 1.54) is 11.3 Å². The molecule has 0 bridgehead atoms. The molecule has 156 valence electrons. The van der Waals surface area contributed by atoms with E-state index < -0.39 is 17.9 Å². The number of benzene rings is 1. The van der Waals surface area contributed by atoms with Crippen LogP contribution in [0.3, 0.4) is 0 Å². The van der Waals surface area contributed by atoms with Crippen molar-refractivity contribution in [2.24, 2.45) is 0 Å². The maximum absolute atomic E-state index is 12.3. The highest BCUT2D eigenvalue weighted by atomic mass is 16.7. The summed E-state index contributed by atoms with van der Waals surface area (Å²) in [6.07, 6.45) is -0.435. The third-order valence-electron chi connectivity index (χ3n) is 5.50. The van der Waals surface area contributed by atoms with Gasteiger partial charge < -0.3 is 19.4 Å². The van der Waals surface area contributed by atoms with E-state index in [1.807, 2.05) is 0 Å². The lowest BCUT2D eigenvalue weighted by molar-refractivity contribution is -0.174. The first-order chi connectivity index (χ1) is 14.1. The summed E-state index contributed by atoms with van der Waals surface area (Å²) in [6.45, 7) is 6.56. The molecule has 0 unspecified atom stereocenters. The van der Waals surface area contributed by atoms with Crippen LogP contribution >= 0.6 is 0 Å². The molecule has 3 saturated heterocycles. The number of anilines is 1. The predicted octanol–water partition coefficient (Wildman–Crippen LogP) is 0.841. The predicted molar refractivity (Wildman–Crippen MR) is 104 cm³/mol. The number of carbonyl (C=O) groups is 3. The van der Waals surface area contributed by atoms with Gasteiger partial charge in [-0.1, -0.05) is 12.1 Å². The van der Waals surface area contributed by atoms with Crippen LogP contribution in [0.25, 0.3) is 0 Å². The first kappa shape index (κ1) is 19.7. The molecule has 3 amide bonds. The molecule has 1 aromatic rings. The number of piperazine rings is 1. The van der Waals surface area contributed by atoms with Crippen molar-refractivity contribution in [3.05, 3.63) is 29.8 Å². The lowest BCUT2D eigenvalue weighted by Gasteiger charge is -2.34. The maximum Gasteiger partial charge on any atom is 0.434 e. The molecular weight excluding hydrogens is 376 g/mol. The van der Waals surface area contributed by atoms with E-state index in [0.717, 1.165) is 32.8 Å². The van der Waals surface area contributed by atoms with Crippen LogP contribution in [0, 0.1) is 0 Å². The van der Waals surface area contributed by atoms with Gasteiger partial charge in [0.25, 0.3) is 11.8 Å². The molecule has 29 heavy (non-hydrogen) atoms. The number of nitrogens with zero attached hydrogens (tertiary/aromatic N) is 4. The second kappa shape index (κ2) is 8.79. The van der Waals surface area contributed by atoms with E-state index in [1.54, 1.807) is 4.90 Å². The Morgan fingerprint density at radius 3 is 2.34 bits per heavy atom. The number of hydroxylamine groups is 2. The Balaban J connectivity index is 1.27. The number of hydrogen-bond acceptors (Lipinski definition) is 7. The normalized spacial score (nSPS) is 21.0. The first-order valence-corrected chi connectivity index (χ1v) is 10.1. The quantitative estimate of drug-likeness (QED) is 0.690. The zero-order valence-corrected chi connectivity index (χ0v) is 16.4. The van der Waals surface area contributed by atoms with Crippen molar-refractivity contribution < 1.29 is 24.0 Å². The standard InChI is InChI=1S/C20H26N4O5/c25-18-4-5-19(26)24(18)29-20(27)23-8-6-21(7-9-23)15-16-2-1-3-17(14-16)22-10-12-28-13-11-22/h1-3,14H,4-13,15H2. The number of carbonyl (C=O) groups excluding carboxylic acids is 3. The topological polar surface area (TPSA) is 82.6 Å². The number of imide groups is 1. The zero-order valence-electron chi connectivity index (χ0n) is 16.4. The number of amides is 3. The average molecular weight is 402 g/mol. The fraction of sp³-hybridized carbons (Fsp3) is 0.550. The number of morpholine rings is 1. The minimum Gasteiger partial charge on any atom is -0.378 e. The van der Waals surface area contributed by atoms with Gasteiger partial charge in [-0.2, -0.15) is 0 Å². The molecule has 1 aromatic carbocycles. The molecule has 9 heteroatoms. The van der Waals surface area contributed by atoms with Gasteiger partial charge in [0.2, 0.25) is 0 Å². The summed E-state index contributed by atoms with van der Waals surface area (Å²) < 4.78 is 5.42. The minimum atomic E-state index is -0.637. The molecule has 0 radical (unpaired) electrons. The van der Waals surface area contributed by atoms with Crippen LogP contribution in [0.5, 0.6) is 0 Å². The molecule has 3 aliphatic rings. The zero-order chi connectivity index (χ0) is 20.2. The monoisotopic (exact) mass is 402 g/mol. The first-order valence-electron chi connectivity index (χ1n) is 10.1. The second-order valence-electron chi connectivity index (χ2n) is 7.47. The summed E-state index contributed by atoms with van der Waals surface area (Å²) in [5.74, 6) is -0.913. The molecule has 0 saturated carbocycles. The molecule has 4 rings (SSSR count). The smallest absolute Gasteiger partial charge is 0.378 e. The van der Waals surface area contributed by atoms with Gasteiger partial charge in [0, 0.05) is 64.3 Å². The van der Waals surface area contributed by atoms with E-state index in [2.05, 4.69) is 34.1 Å². The van der Waals surface area contributed by atoms with Crippen molar-refractivity contribution in [3.8, 4) is 0 Å². The molecule has 0 spiro atoms. The van der Waals surface area contributed by atoms with Crippen LogP contribution < -0.4 is 4.90 Å². The van der Waals surface area contributed by atoms with Crippen molar-refractivity contribution in [1.29, 1.82) is 0 Å². The highest BCUT2D eigenvalue weighted by Gasteiger charge is 2.34. The van der Waals surface area contributed by atoms with Gasteiger partial charge in [0.1, 0.15) is 0 Å². The van der Waals surface area contributed by atoms with Crippen LogP contribution in [0.2, 0.25) is 0 Å². The van der Waals surface area contributed by atoms with Crippen LogP contribution in [0.4, 0.5) is 10.5 Å². The summed E-state index contributed by atoms with van der Waals surface area (Å²) >= 11 is 0. The van der Waals surface area contributed by atoms with E-state index >= 15 is 0 Å². The second-order valence-corrected chi connectivity index (χ2v) is 7.47. The van der Waals surface area contributed by atoms with Gasteiger partial charge in [-0.25, -0.2) is 4.79 Å². The Labute approximate surface area is 169 Å². The molecule has 3 heterocycles. The summed E-state index contributed by atoms with van der Waals surface area (Å²) in [7, 11) is 0. The fourth-order valence-corrected chi connectivity index (χ4v) is 3.81. The molecular formula is C20H26N4O5. The van der Waals surface area contributed by atoms with Crippen molar-refractivity contribution in [3.63, 3.8) is 0 Å². The minimum absolute atomic E-state index is 0.101. The summed E-state index contributed by atoms with van der Waals surface area (Å²) in [6, 6.07) is 8.55. The number of rotatable bonds is 4. The van der Waals surface area contributed by atoms with Gasteiger partial charge in [-0.3, -0.25) is 14.5 Å². The van der Waals surface area contributed by atoms with Crippen LogP contribution in [-0.4, -0.2) is 85.3 Å². The molecule has 0 N–H and O–H groups in total. The third-order valence-corrected chi connectivity index (χ3v) is 5.50. The molecule has 0 atom stereocenters. The van der Waals surface area contributed by atoms with Gasteiger partial charge in [-0.05, 0) is 17.7 Å². The molecule has 9 nitrogen and oxygen atoms in total. The van der Waals surface area contributed by atoms with Crippen LogP contribution in [-0.2, 0) is 25.7 Å². The van der Waals surface area contributed by atoms with Crippen molar-refractivity contribution in [2.45, 2.75) is 19.4 Å². The highest BCUT2D eigenvalue weighted by Crippen LogP contribution is 2.19. The highest BCUT2D eigenvalue weighted by molar-refractivity contribution is 6.01. The van der Waals surface area contributed by atoms with E-state index in [-0.39, 0.29) is 12.8 Å². The Bertz CT molecular complexity index is 756. The van der Waals surface area contributed by atoms with Crippen molar-refractivity contribution in [2.75, 3.05) is 57.4 Å². The Hall–Kier alpha value is -2.65. The van der Waals surface area contributed by atoms with Gasteiger partial charge in [-0.15, -0.1) is 5.06 Å². The van der Waals surface area contributed by atoms with Crippen LogP contribution in [0.15, 0.2) is 24.3 Å². The number of hydrogen-bond donors (Lipinski definition) is 0. The van der Waals surface area contributed by atoms with E-state index in [0.29, 0.717) is 31.2 Å². The van der Waals surface area contributed by atoms with Crippen molar-refractivity contribution >= 4 is 23.6 Å². The average Bonchev–Trinajstić information content (AvgIpc) is 3.07. The summed E-state index contributed by atoms with van der Waals surface area (Å²) in [4.78, 5) is 46.6. The maximum atomic E-state index is 12.3. The van der Waals surface area contributed by atoms with Crippen LogP contribution in [0.1, 0.15) is 18.4 Å². The third kappa shape index (κ3) is 4.68. The molecule has 3 aliphatic heterocycles. The largest absolute Gasteiger partial charge is 0.434 e. The Morgan fingerprint density at radius 1 is 0.966 bits per heavy atom.